The SMILES string of the molecule is COC[C@H]1[C@@H](NS(C)(=O)=O)CCCN1C(=O)COc1cccnc1C. The van der Waals surface area contributed by atoms with Gasteiger partial charge in [0.05, 0.1) is 24.6 Å². The van der Waals surface area contributed by atoms with Crippen molar-refractivity contribution in [1.29, 1.82) is 0 Å². The number of piperidine rings is 1. The highest BCUT2D eigenvalue weighted by atomic mass is 32.2. The Balaban J connectivity index is 2.06. The number of nitrogens with zero attached hydrogens (tertiary/aromatic N) is 2. The number of aromatic nitrogens is 1. The molecule has 0 aromatic carbocycles. The van der Waals surface area contributed by atoms with E-state index in [9.17, 15) is 13.2 Å². The molecule has 2 atom stereocenters. The molecule has 1 aromatic heterocycles. The van der Waals surface area contributed by atoms with Crippen LogP contribution in [0, 0.1) is 6.92 Å². The van der Waals surface area contributed by atoms with E-state index in [2.05, 4.69) is 9.71 Å². The Hall–Kier alpha value is -1.71. The van der Waals surface area contributed by atoms with Gasteiger partial charge < -0.3 is 14.4 Å². The number of hydrogen-bond acceptors (Lipinski definition) is 6. The molecule has 2 heterocycles. The maximum absolute atomic E-state index is 12.6. The number of rotatable bonds is 7. The topological polar surface area (TPSA) is 97.8 Å². The van der Waals surface area contributed by atoms with Crippen LogP contribution in [0.3, 0.4) is 0 Å². The molecule has 0 saturated carbocycles. The number of nitrogens with one attached hydrogen (secondary N) is 1. The maximum Gasteiger partial charge on any atom is 0.260 e. The molecule has 0 bridgehead atoms. The molecule has 9 heteroatoms. The van der Waals surface area contributed by atoms with Gasteiger partial charge in [0.2, 0.25) is 10.0 Å². The third kappa shape index (κ3) is 5.65. The summed E-state index contributed by atoms with van der Waals surface area (Å²) < 4.78 is 36.6. The lowest BCUT2D eigenvalue weighted by Gasteiger charge is -2.40. The van der Waals surface area contributed by atoms with Gasteiger partial charge in [0.1, 0.15) is 5.75 Å². The number of sulfonamides is 1. The van der Waals surface area contributed by atoms with Crippen LogP contribution in [0.1, 0.15) is 18.5 Å². The van der Waals surface area contributed by atoms with Crippen molar-refractivity contribution in [2.24, 2.45) is 0 Å². The molecular formula is C16H25N3O5S. The molecule has 0 radical (unpaired) electrons. The van der Waals surface area contributed by atoms with Crippen molar-refractivity contribution in [3.05, 3.63) is 24.0 Å². The second kappa shape index (κ2) is 8.59. The van der Waals surface area contributed by atoms with Crippen LogP contribution in [0.5, 0.6) is 5.75 Å². The van der Waals surface area contributed by atoms with E-state index in [1.165, 1.54) is 7.11 Å². The highest BCUT2D eigenvalue weighted by Crippen LogP contribution is 2.20. The second-order valence-electron chi connectivity index (χ2n) is 6.12. The van der Waals surface area contributed by atoms with Crippen molar-refractivity contribution in [2.75, 3.05) is 33.1 Å². The Morgan fingerprint density at radius 1 is 1.48 bits per heavy atom. The summed E-state index contributed by atoms with van der Waals surface area (Å²) in [5.41, 5.74) is 0.707. The van der Waals surface area contributed by atoms with E-state index in [4.69, 9.17) is 9.47 Å². The smallest absolute Gasteiger partial charge is 0.260 e. The minimum atomic E-state index is -3.37. The zero-order valence-corrected chi connectivity index (χ0v) is 15.6. The number of methoxy groups -OCH3 is 1. The molecule has 0 unspecified atom stereocenters. The Morgan fingerprint density at radius 2 is 2.24 bits per heavy atom. The van der Waals surface area contributed by atoms with E-state index in [1.807, 2.05) is 0 Å². The van der Waals surface area contributed by atoms with Crippen LogP contribution in [0.4, 0.5) is 0 Å². The van der Waals surface area contributed by atoms with Crippen LogP contribution in [-0.2, 0) is 19.6 Å². The van der Waals surface area contributed by atoms with Gasteiger partial charge in [-0.3, -0.25) is 9.78 Å². The number of ether oxygens (including phenoxy) is 2. The molecule has 0 spiro atoms. The first-order valence-corrected chi connectivity index (χ1v) is 10.0. The van der Waals surface area contributed by atoms with Gasteiger partial charge >= 0.3 is 0 Å². The minimum absolute atomic E-state index is 0.127. The standard InChI is InChI=1S/C16H25N3O5S/c1-12-15(7-4-8-17-12)24-11-16(20)19-9-5-6-13(14(19)10-23-2)18-25(3,21)22/h4,7-8,13-14,18H,5-6,9-11H2,1-3H3/t13-,14-/m0/s1. The summed E-state index contributed by atoms with van der Waals surface area (Å²) in [4.78, 5) is 18.4. The van der Waals surface area contributed by atoms with E-state index < -0.39 is 10.0 Å². The fourth-order valence-electron chi connectivity index (χ4n) is 3.00. The largest absolute Gasteiger partial charge is 0.482 e. The fraction of sp³-hybridized carbons (Fsp3) is 0.625. The maximum atomic E-state index is 12.6. The van der Waals surface area contributed by atoms with Gasteiger partial charge in [0.15, 0.2) is 6.61 Å². The Bertz CT molecular complexity index is 695. The van der Waals surface area contributed by atoms with Gasteiger partial charge in [-0.25, -0.2) is 13.1 Å². The van der Waals surface area contributed by atoms with E-state index in [1.54, 1.807) is 30.2 Å². The average Bonchev–Trinajstić information content (AvgIpc) is 2.54. The monoisotopic (exact) mass is 371 g/mol. The van der Waals surface area contributed by atoms with E-state index in [0.29, 0.717) is 30.8 Å². The van der Waals surface area contributed by atoms with Gasteiger partial charge in [-0.1, -0.05) is 0 Å². The van der Waals surface area contributed by atoms with Crippen molar-refractivity contribution in [2.45, 2.75) is 31.8 Å². The van der Waals surface area contributed by atoms with Crippen molar-refractivity contribution >= 4 is 15.9 Å². The zero-order chi connectivity index (χ0) is 18.4. The van der Waals surface area contributed by atoms with Gasteiger partial charge in [-0.2, -0.15) is 0 Å². The number of aryl methyl sites for hydroxylation is 1. The molecule has 8 nitrogen and oxygen atoms in total. The van der Waals surface area contributed by atoms with E-state index in [0.717, 1.165) is 6.26 Å². The number of pyridine rings is 1. The molecule has 1 fully saturated rings. The van der Waals surface area contributed by atoms with E-state index in [-0.39, 0.29) is 31.2 Å². The van der Waals surface area contributed by atoms with Crippen LogP contribution in [0.2, 0.25) is 0 Å². The van der Waals surface area contributed by atoms with Gasteiger partial charge in [-0.15, -0.1) is 0 Å². The lowest BCUT2D eigenvalue weighted by Crippen LogP contribution is -2.59. The molecule has 0 aliphatic carbocycles. The molecule has 1 amide bonds. The van der Waals surface area contributed by atoms with Crippen LogP contribution in [0.15, 0.2) is 18.3 Å². The third-order valence-corrected chi connectivity index (χ3v) is 4.84. The van der Waals surface area contributed by atoms with Crippen LogP contribution >= 0.6 is 0 Å². The van der Waals surface area contributed by atoms with Gasteiger partial charge in [-0.05, 0) is 31.9 Å². The van der Waals surface area contributed by atoms with Crippen LogP contribution < -0.4 is 9.46 Å². The van der Waals surface area contributed by atoms with Crippen molar-refractivity contribution < 1.29 is 22.7 Å². The molecule has 1 N–H and O–H groups in total. The molecule has 25 heavy (non-hydrogen) atoms. The first-order chi connectivity index (χ1) is 11.8. The summed E-state index contributed by atoms with van der Waals surface area (Å²) in [6, 6.07) is 2.77. The molecule has 1 aliphatic heterocycles. The number of carbonyl (C=O) groups excluding carboxylic acids is 1. The fourth-order valence-corrected chi connectivity index (χ4v) is 3.83. The molecule has 1 aromatic rings. The first kappa shape index (κ1) is 19.6. The minimum Gasteiger partial charge on any atom is -0.482 e. The summed E-state index contributed by atoms with van der Waals surface area (Å²) in [5, 5.41) is 0. The normalized spacial score (nSPS) is 21.2. The lowest BCUT2D eigenvalue weighted by molar-refractivity contribution is -0.139. The number of amides is 1. The Kier molecular flexibility index (Phi) is 6.74. The highest BCUT2D eigenvalue weighted by molar-refractivity contribution is 7.88. The number of carbonyl (C=O) groups is 1. The Labute approximate surface area is 148 Å². The predicted molar refractivity (Wildman–Crippen MR) is 92.8 cm³/mol. The van der Waals surface area contributed by atoms with Crippen LogP contribution in [-0.4, -0.2) is 69.4 Å². The Morgan fingerprint density at radius 3 is 2.88 bits per heavy atom. The summed E-state index contributed by atoms with van der Waals surface area (Å²) in [6.07, 6.45) is 4.15. The molecule has 1 aliphatic rings. The molecular weight excluding hydrogens is 346 g/mol. The number of hydrogen-bond donors (Lipinski definition) is 1. The third-order valence-electron chi connectivity index (χ3n) is 4.11. The molecule has 1 saturated heterocycles. The summed E-state index contributed by atoms with van der Waals surface area (Å²) in [7, 11) is -1.84. The highest BCUT2D eigenvalue weighted by Gasteiger charge is 2.35. The zero-order valence-electron chi connectivity index (χ0n) is 14.8. The van der Waals surface area contributed by atoms with Crippen LogP contribution in [0.25, 0.3) is 0 Å². The summed E-state index contributed by atoms with van der Waals surface area (Å²) in [6.45, 7) is 2.48. The predicted octanol–water partition coefficient (Wildman–Crippen LogP) is 0.324. The first-order valence-electron chi connectivity index (χ1n) is 8.12. The lowest BCUT2D eigenvalue weighted by atomic mass is 9.97. The second-order valence-corrected chi connectivity index (χ2v) is 7.90. The number of likely N-dealkylation sites (tertiary alicyclic amines) is 1. The molecule has 140 valence electrons. The summed E-state index contributed by atoms with van der Waals surface area (Å²) in [5.74, 6) is 0.354. The summed E-state index contributed by atoms with van der Waals surface area (Å²) >= 11 is 0. The van der Waals surface area contributed by atoms with E-state index >= 15 is 0 Å². The van der Waals surface area contributed by atoms with Crippen molar-refractivity contribution in [3.63, 3.8) is 0 Å². The van der Waals surface area contributed by atoms with Gasteiger partial charge in [0.25, 0.3) is 5.91 Å². The molecule has 2 rings (SSSR count). The van der Waals surface area contributed by atoms with Crippen molar-refractivity contribution in [1.82, 2.24) is 14.6 Å². The average molecular weight is 371 g/mol. The van der Waals surface area contributed by atoms with Crippen molar-refractivity contribution in [3.8, 4) is 5.75 Å². The van der Waals surface area contributed by atoms with Gasteiger partial charge in [0, 0.05) is 25.9 Å². The quantitative estimate of drug-likeness (QED) is 0.741.